The number of benzene rings is 1. The lowest BCUT2D eigenvalue weighted by atomic mass is 10.2. The average molecular weight is 264 g/mol. The van der Waals surface area contributed by atoms with Crippen LogP contribution >= 0.6 is 0 Å². The first-order valence-electron chi connectivity index (χ1n) is 6.35. The number of nitrogens with zero attached hydrogens (tertiary/aromatic N) is 2. The van der Waals surface area contributed by atoms with Crippen molar-refractivity contribution in [3.05, 3.63) is 41.5 Å². The zero-order valence-corrected chi connectivity index (χ0v) is 11.9. The van der Waals surface area contributed by atoms with Gasteiger partial charge in [0.2, 0.25) is 0 Å². The number of nitrogen functional groups attached to an aromatic ring is 1. The lowest BCUT2D eigenvalue weighted by Gasteiger charge is -2.10. The van der Waals surface area contributed by atoms with Gasteiger partial charge in [0.05, 0.1) is 23.6 Å². The Hall–Kier alpha value is -2.04. The minimum Gasteiger partial charge on any atom is -0.395 e. The Kier molecular flexibility index (Phi) is 5.36. The zero-order chi connectivity index (χ0) is 14.4. The van der Waals surface area contributed by atoms with Crippen molar-refractivity contribution in [1.82, 2.24) is 9.78 Å². The monoisotopic (exact) mass is 264 g/mol. The van der Waals surface area contributed by atoms with Gasteiger partial charge in [-0.15, -0.1) is 0 Å². The van der Waals surface area contributed by atoms with Gasteiger partial charge in [0, 0.05) is 13.2 Å². The molecule has 2 rings (SSSR count). The quantitative estimate of drug-likeness (QED) is 0.838. The Morgan fingerprint density at radius 1 is 1.32 bits per heavy atom. The molecule has 0 fully saturated rings. The van der Waals surface area contributed by atoms with Gasteiger partial charge in [0.1, 0.15) is 0 Å². The summed E-state index contributed by atoms with van der Waals surface area (Å²) in [6, 6.07) is 5.37. The maximum Gasteiger partial charge on any atom is 0.151 e. The van der Waals surface area contributed by atoms with Crippen LogP contribution < -0.4 is 11.1 Å². The molecular weight excluding hydrogens is 243 g/mol. The summed E-state index contributed by atoms with van der Waals surface area (Å²) in [5, 5.41) is 7.28. The van der Waals surface area contributed by atoms with Crippen LogP contribution in [0.25, 0.3) is 0 Å². The second-order valence-electron chi connectivity index (χ2n) is 3.99. The van der Waals surface area contributed by atoms with E-state index >= 15 is 0 Å². The molecule has 1 heterocycles. The summed E-state index contributed by atoms with van der Waals surface area (Å²) in [6.07, 6.45) is 1.86. The average Bonchev–Trinajstić information content (AvgIpc) is 2.83. The Morgan fingerprint density at radius 2 is 2.00 bits per heavy atom. The van der Waals surface area contributed by atoms with E-state index in [0.29, 0.717) is 17.8 Å². The lowest BCUT2D eigenvalue weighted by molar-refractivity contribution is 0.623. The molecule has 5 heteroatoms. The molecule has 0 aliphatic heterocycles. The van der Waals surface area contributed by atoms with Crippen molar-refractivity contribution in [2.75, 3.05) is 11.1 Å². The van der Waals surface area contributed by atoms with E-state index in [2.05, 4.69) is 10.4 Å². The fourth-order valence-electron chi connectivity index (χ4n) is 1.60. The minimum atomic E-state index is -0.365. The van der Waals surface area contributed by atoms with Crippen LogP contribution in [0.5, 0.6) is 0 Å². The van der Waals surface area contributed by atoms with E-state index in [0.717, 1.165) is 5.69 Å². The Balaban J connectivity index is 0.000000861. The number of halogens is 1. The van der Waals surface area contributed by atoms with Gasteiger partial charge in [-0.05, 0) is 24.6 Å². The van der Waals surface area contributed by atoms with Crippen molar-refractivity contribution in [3.63, 3.8) is 0 Å². The summed E-state index contributed by atoms with van der Waals surface area (Å²) in [6.45, 7) is 6.21. The highest BCUT2D eigenvalue weighted by Gasteiger charge is 2.07. The summed E-state index contributed by atoms with van der Waals surface area (Å²) in [4.78, 5) is 0. The fraction of sp³-hybridized carbons (Fsp3) is 0.357. The molecule has 0 radical (unpaired) electrons. The van der Waals surface area contributed by atoms with Crippen LogP contribution in [0.4, 0.5) is 15.8 Å². The van der Waals surface area contributed by atoms with Crippen molar-refractivity contribution < 1.29 is 4.39 Å². The van der Waals surface area contributed by atoms with Gasteiger partial charge in [0.15, 0.2) is 5.82 Å². The number of nitrogens with one attached hydrogen (secondary N) is 1. The number of aryl methyl sites for hydroxylation is 2. The molecule has 2 aromatic rings. The van der Waals surface area contributed by atoms with Crippen LogP contribution in [0.15, 0.2) is 24.4 Å². The topological polar surface area (TPSA) is 55.9 Å². The highest BCUT2D eigenvalue weighted by molar-refractivity contribution is 5.67. The van der Waals surface area contributed by atoms with E-state index in [1.807, 2.05) is 33.2 Å². The zero-order valence-electron chi connectivity index (χ0n) is 11.9. The second-order valence-corrected chi connectivity index (χ2v) is 3.99. The van der Waals surface area contributed by atoms with Crippen LogP contribution in [0.3, 0.4) is 0 Å². The first kappa shape index (κ1) is 15.0. The molecule has 0 saturated carbocycles. The first-order chi connectivity index (χ1) is 9.08. The predicted molar refractivity (Wildman–Crippen MR) is 77.4 cm³/mol. The van der Waals surface area contributed by atoms with Gasteiger partial charge in [-0.1, -0.05) is 19.9 Å². The molecule has 0 unspecified atom stereocenters. The Morgan fingerprint density at radius 3 is 2.58 bits per heavy atom. The van der Waals surface area contributed by atoms with E-state index in [1.165, 1.54) is 0 Å². The molecule has 1 aromatic heterocycles. The van der Waals surface area contributed by atoms with Crippen LogP contribution in [0.1, 0.15) is 25.1 Å². The van der Waals surface area contributed by atoms with Crippen molar-refractivity contribution >= 4 is 11.4 Å². The number of aromatic nitrogens is 2. The Bertz CT molecular complexity index is 534. The van der Waals surface area contributed by atoms with E-state index in [-0.39, 0.29) is 11.5 Å². The van der Waals surface area contributed by atoms with E-state index in [1.54, 1.807) is 23.7 Å². The van der Waals surface area contributed by atoms with E-state index in [4.69, 9.17) is 5.73 Å². The van der Waals surface area contributed by atoms with Crippen molar-refractivity contribution in [2.24, 2.45) is 7.05 Å². The molecule has 0 saturated heterocycles. The van der Waals surface area contributed by atoms with E-state index in [9.17, 15) is 4.39 Å². The standard InChI is InChI=1S/C12H15FN4.C2H6/c1-8-3-4-10(12(14)11(8)13)15-7-9-5-6-17(2)16-9;1-2/h3-6,15H,7,14H2,1-2H3;1-2H3. The largest absolute Gasteiger partial charge is 0.395 e. The van der Waals surface area contributed by atoms with Crippen LogP contribution in [0, 0.1) is 12.7 Å². The molecule has 0 atom stereocenters. The summed E-state index contributed by atoms with van der Waals surface area (Å²) in [5.74, 6) is -0.365. The van der Waals surface area contributed by atoms with Crippen molar-refractivity contribution in [3.8, 4) is 0 Å². The van der Waals surface area contributed by atoms with Crippen LogP contribution in [0.2, 0.25) is 0 Å². The van der Waals surface area contributed by atoms with Crippen molar-refractivity contribution in [2.45, 2.75) is 27.3 Å². The maximum absolute atomic E-state index is 13.5. The highest BCUT2D eigenvalue weighted by atomic mass is 19.1. The van der Waals surface area contributed by atoms with Crippen LogP contribution in [-0.4, -0.2) is 9.78 Å². The van der Waals surface area contributed by atoms with Crippen LogP contribution in [-0.2, 0) is 13.6 Å². The number of anilines is 2. The summed E-state index contributed by atoms with van der Waals surface area (Å²) >= 11 is 0. The summed E-state index contributed by atoms with van der Waals surface area (Å²) < 4.78 is 15.3. The Labute approximate surface area is 113 Å². The lowest BCUT2D eigenvalue weighted by Crippen LogP contribution is -2.05. The molecule has 0 amide bonds. The van der Waals surface area contributed by atoms with Gasteiger partial charge >= 0.3 is 0 Å². The molecule has 0 spiro atoms. The molecule has 19 heavy (non-hydrogen) atoms. The van der Waals surface area contributed by atoms with Gasteiger partial charge < -0.3 is 11.1 Å². The molecule has 4 nitrogen and oxygen atoms in total. The molecule has 0 aliphatic rings. The van der Waals surface area contributed by atoms with Crippen molar-refractivity contribution in [1.29, 1.82) is 0 Å². The van der Waals surface area contributed by atoms with Gasteiger partial charge in [-0.3, -0.25) is 4.68 Å². The normalized spacial score (nSPS) is 9.74. The molecule has 0 bridgehead atoms. The molecule has 0 aliphatic carbocycles. The maximum atomic E-state index is 13.5. The third-order valence-corrected chi connectivity index (χ3v) is 2.60. The molecule has 1 aromatic carbocycles. The fourth-order valence-corrected chi connectivity index (χ4v) is 1.60. The summed E-state index contributed by atoms with van der Waals surface area (Å²) in [7, 11) is 1.85. The molecule has 104 valence electrons. The van der Waals surface area contributed by atoms with Gasteiger partial charge in [-0.2, -0.15) is 5.10 Å². The molecular formula is C14H21FN4. The smallest absolute Gasteiger partial charge is 0.151 e. The third-order valence-electron chi connectivity index (χ3n) is 2.60. The number of rotatable bonds is 3. The minimum absolute atomic E-state index is 0.154. The second kappa shape index (κ2) is 6.78. The molecule has 3 N–H and O–H groups in total. The predicted octanol–water partition coefficient (Wildman–Crippen LogP) is 3.09. The van der Waals surface area contributed by atoms with Gasteiger partial charge in [0.25, 0.3) is 0 Å². The van der Waals surface area contributed by atoms with Gasteiger partial charge in [-0.25, -0.2) is 4.39 Å². The number of hydrogen-bond donors (Lipinski definition) is 2. The third kappa shape index (κ3) is 3.71. The van der Waals surface area contributed by atoms with E-state index < -0.39 is 0 Å². The SMILES string of the molecule is CC.Cc1ccc(NCc2ccn(C)n2)c(N)c1F. The number of nitrogens with two attached hydrogens (primary N) is 1. The highest BCUT2D eigenvalue weighted by Crippen LogP contribution is 2.24. The summed E-state index contributed by atoms with van der Waals surface area (Å²) in [5.41, 5.74) is 7.87. The number of hydrogen-bond acceptors (Lipinski definition) is 3. The first-order valence-corrected chi connectivity index (χ1v) is 6.35.